The van der Waals surface area contributed by atoms with Gasteiger partial charge in [-0.2, -0.15) is 0 Å². The Labute approximate surface area is 106 Å². The molecule has 1 amide bonds. The summed E-state index contributed by atoms with van der Waals surface area (Å²) in [6.45, 7) is 3.26. The van der Waals surface area contributed by atoms with E-state index >= 15 is 0 Å². The van der Waals surface area contributed by atoms with Crippen LogP contribution in [0.25, 0.3) is 0 Å². The van der Waals surface area contributed by atoms with Gasteiger partial charge in [-0.3, -0.25) is 4.79 Å². The van der Waals surface area contributed by atoms with Gasteiger partial charge in [0.2, 0.25) is 5.91 Å². The van der Waals surface area contributed by atoms with E-state index in [-0.39, 0.29) is 12.2 Å². The van der Waals surface area contributed by atoms with Crippen LogP contribution in [0.3, 0.4) is 0 Å². The van der Waals surface area contributed by atoms with Crippen molar-refractivity contribution in [2.24, 2.45) is 11.7 Å². The van der Waals surface area contributed by atoms with E-state index in [2.05, 4.69) is 5.32 Å². The quantitative estimate of drug-likeness (QED) is 0.680. The number of carbonyl (C=O) groups excluding carboxylic acids is 1. The van der Waals surface area contributed by atoms with Gasteiger partial charge >= 0.3 is 0 Å². The Hall–Kier alpha value is -1.46. The predicted molar refractivity (Wildman–Crippen MR) is 67.5 cm³/mol. The minimum Gasteiger partial charge on any atom is -0.396 e. The van der Waals surface area contributed by atoms with Crippen molar-refractivity contribution in [3.63, 3.8) is 0 Å². The molecule has 0 spiro atoms. The number of rotatable bonds is 7. The molecule has 18 heavy (non-hydrogen) atoms. The highest BCUT2D eigenvalue weighted by molar-refractivity contribution is 5.92. The maximum absolute atomic E-state index is 13.6. The monoisotopic (exact) mass is 254 g/mol. The lowest BCUT2D eigenvalue weighted by Crippen LogP contribution is -2.22. The maximum atomic E-state index is 13.6. The molecule has 0 fully saturated rings. The van der Waals surface area contributed by atoms with E-state index in [1.807, 2.05) is 6.92 Å². The molecule has 0 aliphatic rings. The Balaban J connectivity index is 2.50. The summed E-state index contributed by atoms with van der Waals surface area (Å²) in [6, 6.07) is 4.22. The Morgan fingerprint density at radius 3 is 2.83 bits per heavy atom. The molecule has 100 valence electrons. The number of primary amides is 1. The van der Waals surface area contributed by atoms with Crippen LogP contribution in [0.5, 0.6) is 0 Å². The summed E-state index contributed by atoms with van der Waals surface area (Å²) in [5.41, 5.74) is 5.73. The topological polar surface area (TPSA) is 75.3 Å². The zero-order valence-electron chi connectivity index (χ0n) is 10.4. The average Bonchev–Trinajstić information content (AvgIpc) is 2.31. The largest absolute Gasteiger partial charge is 0.396 e. The molecule has 1 atom stereocenters. The highest BCUT2D eigenvalue weighted by Gasteiger charge is 2.07. The van der Waals surface area contributed by atoms with Crippen molar-refractivity contribution in [2.75, 3.05) is 13.2 Å². The fourth-order valence-corrected chi connectivity index (χ4v) is 1.62. The minimum absolute atomic E-state index is 0.157. The summed E-state index contributed by atoms with van der Waals surface area (Å²) in [7, 11) is 0. The molecule has 0 aliphatic heterocycles. The van der Waals surface area contributed by atoms with Gasteiger partial charge in [-0.15, -0.1) is 0 Å². The molecule has 0 radical (unpaired) electrons. The summed E-state index contributed by atoms with van der Waals surface area (Å²) in [5, 5.41) is 11.9. The number of aliphatic hydroxyl groups excluding tert-OH is 1. The number of benzene rings is 1. The average molecular weight is 254 g/mol. The van der Waals surface area contributed by atoms with Crippen LogP contribution >= 0.6 is 0 Å². The van der Waals surface area contributed by atoms with Crippen molar-refractivity contribution < 1.29 is 14.3 Å². The first kappa shape index (κ1) is 14.6. The van der Waals surface area contributed by atoms with Gasteiger partial charge in [0, 0.05) is 24.3 Å². The van der Waals surface area contributed by atoms with Crippen LogP contribution in [0, 0.1) is 11.7 Å². The number of halogens is 1. The lowest BCUT2D eigenvalue weighted by atomic mass is 10.1. The summed E-state index contributed by atoms with van der Waals surface area (Å²) >= 11 is 0. The Bertz CT molecular complexity index is 410. The van der Waals surface area contributed by atoms with Gasteiger partial charge in [0.25, 0.3) is 0 Å². The van der Waals surface area contributed by atoms with Crippen LogP contribution in [-0.2, 0) is 6.54 Å². The molecule has 0 aliphatic carbocycles. The third-order valence-electron chi connectivity index (χ3n) is 2.77. The van der Waals surface area contributed by atoms with E-state index in [0.717, 1.165) is 12.5 Å². The molecule has 1 unspecified atom stereocenters. The van der Waals surface area contributed by atoms with Gasteiger partial charge in [0.1, 0.15) is 5.82 Å². The van der Waals surface area contributed by atoms with Crippen LogP contribution in [0.15, 0.2) is 18.2 Å². The molecule has 4 N–H and O–H groups in total. The second kappa shape index (κ2) is 7.08. The number of carbonyl (C=O) groups is 1. The first-order valence-electron chi connectivity index (χ1n) is 5.94. The predicted octanol–water partition coefficient (Wildman–Crippen LogP) is 1.03. The van der Waals surface area contributed by atoms with E-state index in [0.29, 0.717) is 24.6 Å². The smallest absolute Gasteiger partial charge is 0.248 e. The Kier molecular flexibility index (Phi) is 5.74. The van der Waals surface area contributed by atoms with Gasteiger partial charge in [0.15, 0.2) is 0 Å². The Morgan fingerprint density at radius 2 is 2.28 bits per heavy atom. The summed E-state index contributed by atoms with van der Waals surface area (Å²) in [5.74, 6) is -0.735. The molecule has 1 rings (SSSR count). The van der Waals surface area contributed by atoms with Crippen LogP contribution < -0.4 is 11.1 Å². The number of nitrogens with one attached hydrogen (secondary N) is 1. The fraction of sp³-hybridized carbons (Fsp3) is 0.462. The second-order valence-corrected chi connectivity index (χ2v) is 4.42. The number of nitrogens with two attached hydrogens (primary N) is 1. The highest BCUT2D eigenvalue weighted by atomic mass is 19.1. The SMILES string of the molecule is CC(CCO)CNCc1ccc(C(N)=O)cc1F. The molecule has 1 aromatic carbocycles. The highest BCUT2D eigenvalue weighted by Crippen LogP contribution is 2.10. The van der Waals surface area contributed by atoms with Crippen molar-refractivity contribution in [3.05, 3.63) is 35.1 Å². The zero-order valence-corrected chi connectivity index (χ0v) is 10.4. The fourth-order valence-electron chi connectivity index (χ4n) is 1.62. The molecule has 0 aromatic heterocycles. The van der Waals surface area contributed by atoms with E-state index in [9.17, 15) is 9.18 Å². The van der Waals surface area contributed by atoms with Gasteiger partial charge in [-0.05, 0) is 31.0 Å². The first-order chi connectivity index (χ1) is 8.54. The third-order valence-corrected chi connectivity index (χ3v) is 2.77. The first-order valence-corrected chi connectivity index (χ1v) is 5.94. The molecule has 0 bridgehead atoms. The van der Waals surface area contributed by atoms with Crippen molar-refractivity contribution in [2.45, 2.75) is 19.9 Å². The van der Waals surface area contributed by atoms with Gasteiger partial charge in [0.05, 0.1) is 0 Å². The molecule has 0 heterocycles. The van der Waals surface area contributed by atoms with Crippen molar-refractivity contribution in [1.82, 2.24) is 5.32 Å². The van der Waals surface area contributed by atoms with Crippen LogP contribution in [0.2, 0.25) is 0 Å². The van der Waals surface area contributed by atoms with Crippen LogP contribution in [-0.4, -0.2) is 24.2 Å². The Morgan fingerprint density at radius 1 is 1.56 bits per heavy atom. The van der Waals surface area contributed by atoms with Gasteiger partial charge in [-0.25, -0.2) is 4.39 Å². The number of hydrogen-bond acceptors (Lipinski definition) is 3. The standard InChI is InChI=1S/C13H19FN2O2/c1-9(4-5-17)7-16-8-11-3-2-10(13(15)18)6-12(11)14/h2-3,6,9,16-17H,4-5,7-8H2,1H3,(H2,15,18). The van der Waals surface area contributed by atoms with Gasteiger partial charge < -0.3 is 16.2 Å². The van der Waals surface area contributed by atoms with Crippen molar-refractivity contribution >= 4 is 5.91 Å². The zero-order chi connectivity index (χ0) is 13.5. The molecule has 5 heteroatoms. The third kappa shape index (κ3) is 4.43. The molecule has 0 saturated heterocycles. The van der Waals surface area contributed by atoms with E-state index in [1.165, 1.54) is 6.07 Å². The van der Waals surface area contributed by atoms with Crippen LogP contribution in [0.4, 0.5) is 4.39 Å². The molecular formula is C13H19FN2O2. The van der Waals surface area contributed by atoms with Crippen LogP contribution in [0.1, 0.15) is 29.3 Å². The number of hydrogen-bond donors (Lipinski definition) is 3. The summed E-state index contributed by atoms with van der Waals surface area (Å²) < 4.78 is 13.6. The lowest BCUT2D eigenvalue weighted by molar-refractivity contribution is 0.1000. The van der Waals surface area contributed by atoms with E-state index < -0.39 is 11.7 Å². The van der Waals surface area contributed by atoms with Crippen molar-refractivity contribution in [3.8, 4) is 0 Å². The number of amides is 1. The molecule has 1 aromatic rings. The second-order valence-electron chi connectivity index (χ2n) is 4.42. The van der Waals surface area contributed by atoms with E-state index in [1.54, 1.807) is 6.07 Å². The van der Waals surface area contributed by atoms with E-state index in [4.69, 9.17) is 10.8 Å². The van der Waals surface area contributed by atoms with Gasteiger partial charge in [-0.1, -0.05) is 13.0 Å². The molecular weight excluding hydrogens is 235 g/mol. The summed E-state index contributed by atoms with van der Waals surface area (Å²) in [4.78, 5) is 10.9. The maximum Gasteiger partial charge on any atom is 0.248 e. The minimum atomic E-state index is -0.634. The lowest BCUT2D eigenvalue weighted by Gasteiger charge is -2.11. The molecule has 4 nitrogen and oxygen atoms in total. The molecule has 0 saturated carbocycles. The normalized spacial score (nSPS) is 12.4. The summed E-state index contributed by atoms with van der Waals surface area (Å²) in [6.07, 6.45) is 0.718. The number of aliphatic hydroxyl groups is 1. The van der Waals surface area contributed by atoms with Crippen molar-refractivity contribution in [1.29, 1.82) is 0 Å².